The van der Waals surface area contributed by atoms with Crippen molar-refractivity contribution in [2.75, 3.05) is 11.9 Å². The molecule has 2 rings (SSSR count). The van der Waals surface area contributed by atoms with E-state index in [1.165, 1.54) is 0 Å². The molecule has 0 aliphatic rings. The predicted molar refractivity (Wildman–Crippen MR) is 80.5 cm³/mol. The van der Waals surface area contributed by atoms with Crippen molar-refractivity contribution in [2.24, 2.45) is 0 Å². The average molecular weight is 269 g/mol. The second-order valence-corrected chi connectivity index (χ2v) is 4.77. The van der Waals surface area contributed by atoms with Crippen molar-refractivity contribution in [1.82, 2.24) is 10.3 Å². The van der Waals surface area contributed by atoms with Crippen LogP contribution in [0.15, 0.2) is 42.6 Å². The number of benzene rings is 1. The third-order valence-corrected chi connectivity index (χ3v) is 3.01. The molecule has 0 aliphatic carbocycles. The van der Waals surface area contributed by atoms with Gasteiger partial charge in [-0.25, -0.2) is 0 Å². The summed E-state index contributed by atoms with van der Waals surface area (Å²) in [6.07, 6.45) is 1.82. The lowest BCUT2D eigenvalue weighted by atomic mass is 10.2. The number of carbonyl (C=O) groups excluding carboxylic acids is 1. The molecule has 0 bridgehead atoms. The third-order valence-electron chi connectivity index (χ3n) is 3.01. The summed E-state index contributed by atoms with van der Waals surface area (Å²) in [5, 5.41) is 6.00. The molecule has 2 N–H and O–H groups in total. The second-order valence-electron chi connectivity index (χ2n) is 4.77. The maximum Gasteiger partial charge on any atom is 0.238 e. The number of para-hydroxylation sites is 1. The zero-order chi connectivity index (χ0) is 14.4. The van der Waals surface area contributed by atoms with E-state index in [2.05, 4.69) is 15.6 Å². The van der Waals surface area contributed by atoms with Crippen molar-refractivity contribution in [3.05, 3.63) is 59.4 Å². The van der Waals surface area contributed by atoms with Gasteiger partial charge in [-0.1, -0.05) is 24.3 Å². The van der Waals surface area contributed by atoms with Gasteiger partial charge in [0.15, 0.2) is 0 Å². The van der Waals surface area contributed by atoms with Crippen LogP contribution in [-0.2, 0) is 11.3 Å². The van der Waals surface area contributed by atoms with Crippen LogP contribution >= 0.6 is 0 Å². The molecule has 0 aliphatic heterocycles. The van der Waals surface area contributed by atoms with Crippen LogP contribution in [0, 0.1) is 13.8 Å². The molecule has 2 aromatic rings. The first-order valence-electron chi connectivity index (χ1n) is 6.63. The van der Waals surface area contributed by atoms with Gasteiger partial charge in [0, 0.05) is 24.1 Å². The fourth-order valence-corrected chi connectivity index (χ4v) is 1.83. The first-order chi connectivity index (χ1) is 9.65. The van der Waals surface area contributed by atoms with E-state index in [-0.39, 0.29) is 12.5 Å². The highest BCUT2D eigenvalue weighted by atomic mass is 16.1. The number of hydrogen-bond donors (Lipinski definition) is 2. The standard InChI is InChI=1S/C16H19N3O/c1-12-5-3-4-6-15(12)19-16(20)11-17-9-14-8-7-13(2)18-10-14/h3-8,10,17H,9,11H2,1-2H3,(H,19,20). The van der Waals surface area contributed by atoms with Gasteiger partial charge in [-0.05, 0) is 37.1 Å². The van der Waals surface area contributed by atoms with Gasteiger partial charge in [-0.2, -0.15) is 0 Å². The number of nitrogens with zero attached hydrogens (tertiary/aromatic N) is 1. The topological polar surface area (TPSA) is 54.0 Å². The summed E-state index contributed by atoms with van der Waals surface area (Å²) in [5.74, 6) is -0.0422. The van der Waals surface area contributed by atoms with Gasteiger partial charge < -0.3 is 10.6 Å². The molecule has 0 spiro atoms. The summed E-state index contributed by atoms with van der Waals surface area (Å²) in [6, 6.07) is 11.7. The van der Waals surface area contributed by atoms with Crippen LogP contribution in [0.3, 0.4) is 0 Å². The van der Waals surface area contributed by atoms with Crippen LogP contribution in [0.1, 0.15) is 16.8 Å². The highest BCUT2D eigenvalue weighted by Gasteiger charge is 2.03. The van der Waals surface area contributed by atoms with Crippen LogP contribution in [0.25, 0.3) is 0 Å². The lowest BCUT2D eigenvalue weighted by molar-refractivity contribution is -0.115. The summed E-state index contributed by atoms with van der Waals surface area (Å²) in [4.78, 5) is 16.0. The van der Waals surface area contributed by atoms with Crippen LogP contribution in [-0.4, -0.2) is 17.4 Å². The monoisotopic (exact) mass is 269 g/mol. The number of amides is 1. The Morgan fingerprint density at radius 2 is 1.95 bits per heavy atom. The van der Waals surface area contributed by atoms with Crippen molar-refractivity contribution in [2.45, 2.75) is 20.4 Å². The van der Waals surface area contributed by atoms with Gasteiger partial charge in [0.1, 0.15) is 0 Å². The van der Waals surface area contributed by atoms with E-state index in [4.69, 9.17) is 0 Å². The number of hydrogen-bond acceptors (Lipinski definition) is 3. The Balaban J connectivity index is 1.78. The van der Waals surface area contributed by atoms with Crippen molar-refractivity contribution in [3.63, 3.8) is 0 Å². The number of anilines is 1. The number of aryl methyl sites for hydroxylation is 2. The normalized spacial score (nSPS) is 10.3. The maximum atomic E-state index is 11.8. The molecule has 0 saturated heterocycles. The van der Waals surface area contributed by atoms with Crippen LogP contribution < -0.4 is 10.6 Å². The van der Waals surface area contributed by atoms with Gasteiger partial charge in [-0.15, -0.1) is 0 Å². The van der Waals surface area contributed by atoms with E-state index in [9.17, 15) is 4.79 Å². The van der Waals surface area contributed by atoms with Gasteiger partial charge in [0.25, 0.3) is 0 Å². The molecule has 1 aromatic heterocycles. The molecule has 4 heteroatoms. The molecule has 1 aromatic carbocycles. The van der Waals surface area contributed by atoms with Gasteiger partial charge in [0.05, 0.1) is 6.54 Å². The van der Waals surface area contributed by atoms with E-state index in [1.807, 2.05) is 56.4 Å². The fourth-order valence-electron chi connectivity index (χ4n) is 1.83. The SMILES string of the molecule is Cc1ccc(CNCC(=O)Nc2ccccc2C)cn1. The Bertz CT molecular complexity index is 579. The lowest BCUT2D eigenvalue weighted by Crippen LogP contribution is -2.28. The van der Waals surface area contributed by atoms with Crippen molar-refractivity contribution in [3.8, 4) is 0 Å². The highest BCUT2D eigenvalue weighted by Crippen LogP contribution is 2.12. The van der Waals surface area contributed by atoms with Gasteiger partial charge >= 0.3 is 0 Å². The molecule has 0 unspecified atom stereocenters. The maximum absolute atomic E-state index is 11.8. The zero-order valence-corrected chi connectivity index (χ0v) is 11.8. The highest BCUT2D eigenvalue weighted by molar-refractivity contribution is 5.92. The van der Waals surface area contributed by atoms with E-state index >= 15 is 0 Å². The predicted octanol–water partition coefficient (Wildman–Crippen LogP) is 2.43. The molecule has 1 heterocycles. The Hall–Kier alpha value is -2.20. The molecule has 1 amide bonds. The van der Waals surface area contributed by atoms with E-state index < -0.39 is 0 Å². The summed E-state index contributed by atoms with van der Waals surface area (Å²) < 4.78 is 0. The van der Waals surface area contributed by atoms with Gasteiger partial charge in [0.2, 0.25) is 5.91 Å². The zero-order valence-electron chi connectivity index (χ0n) is 11.8. The minimum atomic E-state index is -0.0422. The molecule has 0 saturated carbocycles. The fraction of sp³-hybridized carbons (Fsp3) is 0.250. The second kappa shape index (κ2) is 6.82. The quantitative estimate of drug-likeness (QED) is 0.876. The molecular weight excluding hydrogens is 250 g/mol. The van der Waals surface area contributed by atoms with E-state index in [0.717, 1.165) is 22.5 Å². The molecule has 0 radical (unpaired) electrons. The average Bonchev–Trinajstić information content (AvgIpc) is 2.44. The Morgan fingerprint density at radius 3 is 2.65 bits per heavy atom. The summed E-state index contributed by atoms with van der Waals surface area (Å²) in [7, 11) is 0. The molecule has 20 heavy (non-hydrogen) atoms. The molecule has 0 atom stereocenters. The smallest absolute Gasteiger partial charge is 0.238 e. The number of aromatic nitrogens is 1. The van der Waals surface area contributed by atoms with Gasteiger partial charge in [-0.3, -0.25) is 9.78 Å². The Morgan fingerprint density at radius 1 is 1.15 bits per heavy atom. The molecule has 4 nitrogen and oxygen atoms in total. The Kier molecular flexibility index (Phi) is 4.85. The number of pyridine rings is 1. The summed E-state index contributed by atoms with van der Waals surface area (Å²) in [5.41, 5.74) is 3.98. The minimum absolute atomic E-state index is 0.0422. The third kappa shape index (κ3) is 4.17. The van der Waals surface area contributed by atoms with E-state index in [1.54, 1.807) is 0 Å². The number of nitrogens with one attached hydrogen (secondary N) is 2. The first kappa shape index (κ1) is 14.2. The van der Waals surface area contributed by atoms with Crippen molar-refractivity contribution < 1.29 is 4.79 Å². The van der Waals surface area contributed by atoms with Crippen molar-refractivity contribution >= 4 is 11.6 Å². The first-order valence-corrected chi connectivity index (χ1v) is 6.63. The van der Waals surface area contributed by atoms with Crippen LogP contribution in [0.2, 0.25) is 0 Å². The largest absolute Gasteiger partial charge is 0.325 e. The minimum Gasteiger partial charge on any atom is -0.325 e. The summed E-state index contributed by atoms with van der Waals surface area (Å²) in [6.45, 7) is 4.84. The van der Waals surface area contributed by atoms with Crippen LogP contribution in [0.5, 0.6) is 0 Å². The lowest BCUT2D eigenvalue weighted by Gasteiger charge is -2.09. The number of carbonyl (C=O) groups is 1. The molecule has 0 fully saturated rings. The summed E-state index contributed by atoms with van der Waals surface area (Å²) >= 11 is 0. The Labute approximate surface area is 119 Å². The molecule has 104 valence electrons. The van der Waals surface area contributed by atoms with E-state index in [0.29, 0.717) is 6.54 Å². The van der Waals surface area contributed by atoms with Crippen molar-refractivity contribution in [1.29, 1.82) is 0 Å². The molecular formula is C16H19N3O. The number of rotatable bonds is 5. The van der Waals surface area contributed by atoms with Crippen LogP contribution in [0.4, 0.5) is 5.69 Å².